The van der Waals surface area contributed by atoms with E-state index >= 15 is 0 Å². The van der Waals surface area contributed by atoms with Crippen molar-refractivity contribution >= 4 is 40.7 Å². The molecule has 0 N–H and O–H groups in total. The number of hydrogen-bond donors (Lipinski definition) is 0. The molecular formula is C27H35Cl2N3O2. The third kappa shape index (κ3) is 7.72. The van der Waals surface area contributed by atoms with E-state index in [2.05, 4.69) is 30.9 Å². The molecule has 1 heterocycles. The Morgan fingerprint density at radius 1 is 0.971 bits per heavy atom. The molecule has 7 heteroatoms. The molecule has 34 heavy (non-hydrogen) atoms. The number of carbonyl (C=O) groups is 2. The zero-order chi connectivity index (χ0) is 24.5. The molecule has 0 bridgehead atoms. The second-order valence-electron chi connectivity index (χ2n) is 9.27. The fraction of sp³-hybridized carbons (Fsp3) is 0.481. The van der Waals surface area contributed by atoms with Gasteiger partial charge in [0.05, 0.1) is 0 Å². The van der Waals surface area contributed by atoms with Crippen LogP contribution in [0.2, 0.25) is 5.02 Å². The molecule has 2 aromatic carbocycles. The zero-order valence-electron chi connectivity index (χ0n) is 20.2. The van der Waals surface area contributed by atoms with Crippen molar-refractivity contribution in [3.05, 3.63) is 64.7 Å². The number of nitrogens with zero attached hydrogens (tertiary/aromatic N) is 3. The first-order chi connectivity index (χ1) is 16.4. The number of benzene rings is 2. The lowest BCUT2D eigenvalue weighted by Gasteiger charge is -2.35. The van der Waals surface area contributed by atoms with E-state index in [1.54, 1.807) is 4.90 Å². The fourth-order valence-electron chi connectivity index (χ4n) is 4.21. The molecule has 0 spiro atoms. The van der Waals surface area contributed by atoms with Gasteiger partial charge in [0.15, 0.2) is 0 Å². The average molecular weight is 505 g/mol. The summed E-state index contributed by atoms with van der Waals surface area (Å²) in [6, 6.07) is 15.3. The van der Waals surface area contributed by atoms with Crippen LogP contribution in [0.5, 0.6) is 0 Å². The van der Waals surface area contributed by atoms with Crippen molar-refractivity contribution < 1.29 is 9.59 Å². The predicted molar refractivity (Wildman–Crippen MR) is 141 cm³/mol. The molecule has 1 saturated heterocycles. The van der Waals surface area contributed by atoms with E-state index < -0.39 is 0 Å². The lowest BCUT2D eigenvalue weighted by molar-refractivity contribution is -0.116. The molecule has 0 radical (unpaired) electrons. The summed E-state index contributed by atoms with van der Waals surface area (Å²) in [5.74, 6) is 0.467. The summed E-state index contributed by atoms with van der Waals surface area (Å²) in [5.41, 5.74) is 2.71. The Hall–Kier alpha value is -2.08. The summed E-state index contributed by atoms with van der Waals surface area (Å²) in [7, 11) is 0. The maximum absolute atomic E-state index is 13.0. The van der Waals surface area contributed by atoms with Gasteiger partial charge in [0.25, 0.3) is 5.91 Å². The van der Waals surface area contributed by atoms with Gasteiger partial charge in [-0.05, 0) is 67.1 Å². The molecule has 0 unspecified atom stereocenters. The van der Waals surface area contributed by atoms with Crippen molar-refractivity contribution in [3.8, 4) is 0 Å². The van der Waals surface area contributed by atoms with E-state index in [-0.39, 0.29) is 17.7 Å². The molecule has 0 aromatic heterocycles. The number of anilines is 1. The summed E-state index contributed by atoms with van der Waals surface area (Å²) in [6.45, 7) is 9.12. The molecule has 184 valence electrons. The molecule has 1 aliphatic heterocycles. The van der Waals surface area contributed by atoms with Gasteiger partial charge in [0.1, 0.15) is 5.88 Å². The van der Waals surface area contributed by atoms with Crippen molar-refractivity contribution in [3.63, 3.8) is 0 Å². The van der Waals surface area contributed by atoms with Crippen molar-refractivity contribution in [1.82, 2.24) is 9.80 Å². The van der Waals surface area contributed by atoms with Crippen LogP contribution in [0.25, 0.3) is 0 Å². The normalized spacial score (nSPS) is 14.4. The molecule has 2 aromatic rings. The van der Waals surface area contributed by atoms with Crippen LogP contribution in [-0.4, -0.2) is 66.8 Å². The second kappa shape index (κ2) is 13.1. The van der Waals surface area contributed by atoms with Gasteiger partial charge in [-0.15, -0.1) is 11.6 Å². The molecule has 0 saturated carbocycles. The maximum atomic E-state index is 13.0. The fourth-order valence-corrected chi connectivity index (χ4v) is 4.48. The van der Waals surface area contributed by atoms with Crippen molar-refractivity contribution in [1.29, 1.82) is 0 Å². The Balaban J connectivity index is 1.51. The summed E-state index contributed by atoms with van der Waals surface area (Å²) in [6.07, 6.45) is 2.94. The summed E-state index contributed by atoms with van der Waals surface area (Å²) < 4.78 is 0. The largest absolute Gasteiger partial charge is 0.336 e. The van der Waals surface area contributed by atoms with Gasteiger partial charge in [-0.1, -0.05) is 37.6 Å². The molecule has 1 fully saturated rings. The van der Waals surface area contributed by atoms with Crippen LogP contribution in [0.3, 0.4) is 0 Å². The van der Waals surface area contributed by atoms with Gasteiger partial charge in [-0.2, -0.15) is 0 Å². The van der Waals surface area contributed by atoms with Crippen LogP contribution < -0.4 is 4.90 Å². The van der Waals surface area contributed by atoms with Gasteiger partial charge in [0.2, 0.25) is 5.91 Å². The highest BCUT2D eigenvalue weighted by atomic mass is 35.5. The lowest BCUT2D eigenvalue weighted by atomic mass is 10.1. The number of amides is 2. The number of rotatable bonds is 10. The van der Waals surface area contributed by atoms with Crippen LogP contribution in [0.4, 0.5) is 5.69 Å². The number of halogens is 2. The van der Waals surface area contributed by atoms with Gasteiger partial charge < -0.3 is 9.80 Å². The third-order valence-electron chi connectivity index (χ3n) is 6.29. The highest BCUT2D eigenvalue weighted by Crippen LogP contribution is 2.19. The van der Waals surface area contributed by atoms with Crippen LogP contribution in [0, 0.1) is 5.92 Å². The monoisotopic (exact) mass is 503 g/mol. The predicted octanol–water partition coefficient (Wildman–Crippen LogP) is 5.35. The van der Waals surface area contributed by atoms with Crippen LogP contribution in [-0.2, 0) is 11.2 Å². The third-order valence-corrected chi connectivity index (χ3v) is 6.77. The molecule has 0 atom stereocenters. The van der Waals surface area contributed by atoms with Crippen molar-refractivity contribution in [2.75, 3.05) is 50.0 Å². The van der Waals surface area contributed by atoms with Crippen molar-refractivity contribution in [2.24, 2.45) is 5.92 Å². The number of carbonyl (C=O) groups excluding carboxylic acids is 2. The minimum Gasteiger partial charge on any atom is -0.336 e. The van der Waals surface area contributed by atoms with Crippen LogP contribution in [0.15, 0.2) is 48.5 Å². The van der Waals surface area contributed by atoms with Crippen LogP contribution in [0.1, 0.15) is 42.6 Å². The van der Waals surface area contributed by atoms with Gasteiger partial charge >= 0.3 is 0 Å². The first kappa shape index (κ1) is 26.5. The number of piperazine rings is 1. The molecule has 0 aliphatic carbocycles. The Kier molecular flexibility index (Phi) is 10.2. The van der Waals surface area contributed by atoms with E-state index in [4.69, 9.17) is 23.2 Å². The molecule has 5 nitrogen and oxygen atoms in total. The van der Waals surface area contributed by atoms with E-state index in [9.17, 15) is 9.59 Å². The SMILES string of the molecule is CC(C)CCCN(C(=O)CCl)c1ccc(C(=O)N2CCN(CCc3ccc(Cl)cc3)CC2)cc1. The lowest BCUT2D eigenvalue weighted by Crippen LogP contribution is -2.49. The molecular weight excluding hydrogens is 469 g/mol. The molecule has 1 aliphatic rings. The Morgan fingerprint density at radius 2 is 1.62 bits per heavy atom. The quantitative estimate of drug-likeness (QED) is 0.410. The second-order valence-corrected chi connectivity index (χ2v) is 9.98. The van der Waals surface area contributed by atoms with Crippen LogP contribution >= 0.6 is 23.2 Å². The summed E-state index contributed by atoms with van der Waals surface area (Å²) in [5, 5.41) is 0.758. The number of hydrogen-bond acceptors (Lipinski definition) is 3. The van der Waals surface area contributed by atoms with E-state index in [1.807, 2.05) is 41.3 Å². The maximum Gasteiger partial charge on any atom is 0.253 e. The topological polar surface area (TPSA) is 43.9 Å². The summed E-state index contributed by atoms with van der Waals surface area (Å²) in [4.78, 5) is 31.4. The van der Waals surface area contributed by atoms with E-state index in [0.29, 0.717) is 31.1 Å². The minimum absolute atomic E-state index is 0.0407. The zero-order valence-corrected chi connectivity index (χ0v) is 21.7. The Labute approximate surface area is 213 Å². The molecule has 3 rings (SSSR count). The van der Waals surface area contributed by atoms with E-state index in [0.717, 1.165) is 49.6 Å². The standard InChI is InChI=1S/C27H35Cl2N3O2/c1-21(2)4-3-14-32(26(33)20-28)25-11-7-23(8-12-25)27(34)31-18-16-30(17-19-31)15-13-22-5-9-24(29)10-6-22/h5-12,21H,3-4,13-20H2,1-2H3. The van der Waals surface area contributed by atoms with Gasteiger partial charge in [-0.3, -0.25) is 14.5 Å². The van der Waals surface area contributed by atoms with Crippen molar-refractivity contribution in [2.45, 2.75) is 33.1 Å². The highest BCUT2D eigenvalue weighted by molar-refractivity contribution is 6.30. The number of alkyl halides is 1. The smallest absolute Gasteiger partial charge is 0.253 e. The Morgan fingerprint density at radius 3 is 2.21 bits per heavy atom. The first-order valence-electron chi connectivity index (χ1n) is 12.1. The highest BCUT2D eigenvalue weighted by Gasteiger charge is 2.22. The average Bonchev–Trinajstić information content (AvgIpc) is 2.86. The van der Waals surface area contributed by atoms with Gasteiger partial charge in [0, 0.05) is 55.5 Å². The van der Waals surface area contributed by atoms with Gasteiger partial charge in [-0.25, -0.2) is 0 Å². The summed E-state index contributed by atoms with van der Waals surface area (Å²) >= 11 is 11.8. The first-order valence-corrected chi connectivity index (χ1v) is 13.0. The van der Waals surface area contributed by atoms with E-state index in [1.165, 1.54) is 5.56 Å². The minimum atomic E-state index is -0.112. The Bertz CT molecular complexity index is 924. The molecule has 2 amide bonds.